The molecule has 7 heteroatoms. The van der Waals surface area contributed by atoms with Crippen LogP contribution < -0.4 is 5.73 Å². The summed E-state index contributed by atoms with van der Waals surface area (Å²) in [7, 11) is 0. The molecular formula is C12H17N3O2S2. The Morgan fingerprint density at radius 2 is 2.05 bits per heavy atom. The fourth-order valence-corrected chi connectivity index (χ4v) is 3.21. The standard InChI is InChI=1S/C12H17N3O2S2/c1-3-16-9(17-4-2)7-19-12-14-10(13)8-5-6-18-11(8)15-12/h5-6,9H,3-4,7H2,1-2H3,(H2,13,14,15). The van der Waals surface area contributed by atoms with Gasteiger partial charge in [-0.2, -0.15) is 0 Å². The molecule has 0 fully saturated rings. The Bertz CT molecular complexity index is 527. The fraction of sp³-hybridized carbons (Fsp3) is 0.500. The van der Waals surface area contributed by atoms with Crippen LogP contribution in [0.3, 0.4) is 0 Å². The summed E-state index contributed by atoms with van der Waals surface area (Å²) in [6.45, 7) is 5.14. The minimum atomic E-state index is -0.233. The molecule has 0 aliphatic rings. The second-order valence-electron chi connectivity index (χ2n) is 3.68. The first-order valence-corrected chi connectivity index (χ1v) is 7.97. The number of ether oxygens (including phenoxy) is 2. The highest BCUT2D eigenvalue weighted by molar-refractivity contribution is 7.99. The zero-order valence-electron chi connectivity index (χ0n) is 11.0. The molecule has 0 unspecified atom stereocenters. The third-order valence-corrected chi connectivity index (χ3v) is 4.07. The smallest absolute Gasteiger partial charge is 0.191 e. The van der Waals surface area contributed by atoms with Gasteiger partial charge in [-0.15, -0.1) is 11.3 Å². The maximum Gasteiger partial charge on any atom is 0.191 e. The molecule has 0 spiro atoms. The van der Waals surface area contributed by atoms with E-state index in [1.54, 1.807) is 11.3 Å². The molecule has 0 amide bonds. The van der Waals surface area contributed by atoms with Crippen LogP contribution in [0.5, 0.6) is 0 Å². The van der Waals surface area contributed by atoms with Crippen molar-refractivity contribution in [3.63, 3.8) is 0 Å². The first-order valence-electron chi connectivity index (χ1n) is 6.11. The van der Waals surface area contributed by atoms with Crippen LogP contribution in [-0.4, -0.2) is 35.2 Å². The van der Waals surface area contributed by atoms with Gasteiger partial charge in [0.25, 0.3) is 0 Å². The first-order chi connectivity index (χ1) is 9.24. The molecule has 0 saturated heterocycles. The molecule has 2 aromatic rings. The summed E-state index contributed by atoms with van der Waals surface area (Å²) < 4.78 is 11.0. The quantitative estimate of drug-likeness (QED) is 0.481. The van der Waals surface area contributed by atoms with Crippen molar-refractivity contribution in [2.45, 2.75) is 25.3 Å². The van der Waals surface area contributed by atoms with Crippen molar-refractivity contribution in [2.24, 2.45) is 0 Å². The molecule has 0 aliphatic carbocycles. The van der Waals surface area contributed by atoms with Gasteiger partial charge in [-0.1, -0.05) is 11.8 Å². The van der Waals surface area contributed by atoms with Crippen molar-refractivity contribution in [3.05, 3.63) is 11.4 Å². The zero-order chi connectivity index (χ0) is 13.7. The Labute approximate surface area is 120 Å². The topological polar surface area (TPSA) is 70.3 Å². The summed E-state index contributed by atoms with van der Waals surface area (Å²) in [5.41, 5.74) is 5.90. The number of fused-ring (bicyclic) bond motifs is 1. The van der Waals surface area contributed by atoms with E-state index < -0.39 is 0 Å². The Morgan fingerprint density at radius 3 is 2.74 bits per heavy atom. The molecule has 0 saturated carbocycles. The summed E-state index contributed by atoms with van der Waals surface area (Å²) in [6.07, 6.45) is -0.233. The van der Waals surface area contributed by atoms with Gasteiger partial charge in [0.05, 0.1) is 11.1 Å². The van der Waals surface area contributed by atoms with Crippen molar-refractivity contribution < 1.29 is 9.47 Å². The molecule has 0 bridgehead atoms. The number of nitrogens with zero attached hydrogens (tertiary/aromatic N) is 2. The van der Waals surface area contributed by atoms with Gasteiger partial charge in [0.1, 0.15) is 10.6 Å². The van der Waals surface area contributed by atoms with Crippen molar-refractivity contribution in [1.29, 1.82) is 0 Å². The SMILES string of the molecule is CCOC(CSc1nc(N)c2ccsc2n1)OCC. The molecule has 0 radical (unpaired) electrons. The summed E-state index contributed by atoms with van der Waals surface area (Å²) in [6, 6.07) is 1.94. The van der Waals surface area contributed by atoms with E-state index in [-0.39, 0.29) is 6.29 Å². The minimum absolute atomic E-state index is 0.233. The van der Waals surface area contributed by atoms with Crippen LogP contribution in [0.15, 0.2) is 16.6 Å². The molecule has 0 aliphatic heterocycles. The summed E-state index contributed by atoms with van der Waals surface area (Å²) >= 11 is 3.06. The van der Waals surface area contributed by atoms with E-state index in [0.717, 1.165) is 10.2 Å². The van der Waals surface area contributed by atoms with Gasteiger partial charge >= 0.3 is 0 Å². The van der Waals surface area contributed by atoms with Crippen molar-refractivity contribution in [2.75, 3.05) is 24.7 Å². The van der Waals surface area contributed by atoms with E-state index in [0.29, 0.717) is 29.9 Å². The summed E-state index contributed by atoms with van der Waals surface area (Å²) in [5.74, 6) is 1.18. The molecule has 2 aromatic heterocycles. The Hall–Kier alpha value is -0.890. The van der Waals surface area contributed by atoms with Gasteiger partial charge in [-0.3, -0.25) is 0 Å². The third-order valence-electron chi connectivity index (χ3n) is 2.39. The van der Waals surface area contributed by atoms with E-state index in [4.69, 9.17) is 15.2 Å². The average Bonchev–Trinajstić information content (AvgIpc) is 2.85. The second-order valence-corrected chi connectivity index (χ2v) is 5.56. The highest BCUT2D eigenvalue weighted by Gasteiger charge is 2.12. The fourth-order valence-electron chi connectivity index (χ4n) is 1.58. The van der Waals surface area contributed by atoms with Crippen LogP contribution in [-0.2, 0) is 9.47 Å². The molecule has 2 N–H and O–H groups in total. The van der Waals surface area contributed by atoms with Crippen molar-refractivity contribution >= 4 is 39.1 Å². The highest BCUT2D eigenvalue weighted by atomic mass is 32.2. The predicted molar refractivity (Wildman–Crippen MR) is 79.6 cm³/mol. The van der Waals surface area contributed by atoms with Gasteiger partial charge in [-0.25, -0.2) is 9.97 Å². The molecule has 0 atom stereocenters. The van der Waals surface area contributed by atoms with E-state index in [1.165, 1.54) is 11.8 Å². The van der Waals surface area contributed by atoms with Crippen LogP contribution in [0.4, 0.5) is 5.82 Å². The van der Waals surface area contributed by atoms with Crippen LogP contribution >= 0.6 is 23.1 Å². The lowest BCUT2D eigenvalue weighted by atomic mass is 10.4. The first kappa shape index (κ1) is 14.5. The minimum Gasteiger partial charge on any atom is -0.383 e. The molecular weight excluding hydrogens is 282 g/mol. The molecule has 5 nitrogen and oxygen atoms in total. The lowest BCUT2D eigenvalue weighted by Gasteiger charge is -2.15. The lowest BCUT2D eigenvalue weighted by molar-refractivity contribution is -0.120. The lowest BCUT2D eigenvalue weighted by Crippen LogP contribution is -2.20. The monoisotopic (exact) mass is 299 g/mol. The van der Waals surface area contributed by atoms with Gasteiger partial charge < -0.3 is 15.2 Å². The Morgan fingerprint density at radius 1 is 1.32 bits per heavy atom. The van der Waals surface area contributed by atoms with Crippen LogP contribution in [0, 0.1) is 0 Å². The van der Waals surface area contributed by atoms with Gasteiger partial charge in [0, 0.05) is 13.2 Å². The van der Waals surface area contributed by atoms with Crippen molar-refractivity contribution in [1.82, 2.24) is 9.97 Å². The number of anilines is 1. The molecule has 0 aromatic carbocycles. The number of nitrogen functional groups attached to an aromatic ring is 1. The normalized spacial score (nSPS) is 11.5. The van der Waals surface area contributed by atoms with Gasteiger partial charge in [0.15, 0.2) is 11.4 Å². The number of hydrogen-bond donors (Lipinski definition) is 1. The number of thioether (sulfide) groups is 1. The number of thiophene rings is 1. The van der Waals surface area contributed by atoms with Crippen LogP contribution in [0.25, 0.3) is 10.2 Å². The third kappa shape index (κ3) is 3.79. The largest absolute Gasteiger partial charge is 0.383 e. The van der Waals surface area contributed by atoms with Crippen LogP contribution in [0.2, 0.25) is 0 Å². The predicted octanol–water partition coefficient (Wildman–Crippen LogP) is 2.76. The number of nitrogens with two attached hydrogens (primary N) is 1. The Kier molecular flexibility index (Phi) is 5.38. The highest BCUT2D eigenvalue weighted by Crippen LogP contribution is 2.26. The number of aromatic nitrogens is 2. The maximum absolute atomic E-state index is 5.90. The average molecular weight is 299 g/mol. The van der Waals surface area contributed by atoms with E-state index >= 15 is 0 Å². The molecule has 19 heavy (non-hydrogen) atoms. The van der Waals surface area contributed by atoms with E-state index in [1.807, 2.05) is 25.3 Å². The number of hydrogen-bond acceptors (Lipinski definition) is 7. The zero-order valence-corrected chi connectivity index (χ0v) is 12.6. The van der Waals surface area contributed by atoms with Gasteiger partial charge in [0.2, 0.25) is 0 Å². The van der Waals surface area contributed by atoms with Crippen LogP contribution in [0.1, 0.15) is 13.8 Å². The van der Waals surface area contributed by atoms with Gasteiger partial charge in [-0.05, 0) is 25.3 Å². The van der Waals surface area contributed by atoms with E-state index in [2.05, 4.69) is 9.97 Å². The second kappa shape index (κ2) is 7.04. The number of rotatable bonds is 7. The summed E-state index contributed by atoms with van der Waals surface area (Å²) in [5, 5.41) is 3.55. The molecule has 2 heterocycles. The summed E-state index contributed by atoms with van der Waals surface area (Å²) in [4.78, 5) is 9.67. The Balaban J connectivity index is 2.03. The maximum atomic E-state index is 5.90. The molecule has 104 valence electrons. The molecule has 2 rings (SSSR count). The van der Waals surface area contributed by atoms with E-state index in [9.17, 15) is 0 Å². The van der Waals surface area contributed by atoms with Crippen molar-refractivity contribution in [3.8, 4) is 0 Å².